The van der Waals surface area contributed by atoms with E-state index in [4.69, 9.17) is 9.57 Å². The van der Waals surface area contributed by atoms with Crippen LogP contribution in [0.5, 0.6) is 0 Å². The van der Waals surface area contributed by atoms with Crippen molar-refractivity contribution in [2.75, 3.05) is 13.7 Å². The molecule has 0 aliphatic rings. The number of nitrogens with one attached hydrogen (secondary N) is 5. The molecule has 37 heavy (non-hydrogen) atoms. The van der Waals surface area contributed by atoms with Gasteiger partial charge >= 0.3 is 12.0 Å². The Morgan fingerprint density at radius 1 is 1.14 bits per heavy atom. The highest BCUT2D eigenvalue weighted by Crippen LogP contribution is 2.23. The molecule has 4 amide bonds. The van der Waals surface area contributed by atoms with Crippen LogP contribution < -0.4 is 21.4 Å². The topological polar surface area (TPSA) is 164 Å². The lowest BCUT2D eigenvalue weighted by Gasteiger charge is -2.20. The van der Waals surface area contributed by atoms with Gasteiger partial charge in [0.05, 0.1) is 40.7 Å². The van der Waals surface area contributed by atoms with E-state index in [1.54, 1.807) is 40.0 Å². The molecule has 0 bridgehead atoms. The number of hydroxylamine groups is 1. The molecule has 0 aliphatic heterocycles. The van der Waals surface area contributed by atoms with Crippen molar-refractivity contribution >= 4 is 46.1 Å². The fourth-order valence-electron chi connectivity index (χ4n) is 3.26. The summed E-state index contributed by atoms with van der Waals surface area (Å²) in [7, 11) is 1.17. The van der Waals surface area contributed by atoms with Crippen molar-refractivity contribution in [2.45, 2.75) is 45.9 Å². The van der Waals surface area contributed by atoms with Gasteiger partial charge in [-0.1, -0.05) is 12.1 Å². The summed E-state index contributed by atoms with van der Waals surface area (Å²) in [6.45, 7) is 6.99. The molecule has 0 saturated heterocycles. The number of benzene rings is 1. The molecule has 3 aromatic rings. The molecule has 3 rings (SSSR count). The summed E-state index contributed by atoms with van der Waals surface area (Å²) < 4.78 is 4.74. The SMILES string of the molecule is COC(=O)[C@H](CNC(=O)NOC(C)(C)C)NC(=O)c1sc(C(=O)NCc2cccc3[nH]ncc23)cc1C. The number of amides is 4. The largest absolute Gasteiger partial charge is 0.467 e. The first-order valence-electron chi connectivity index (χ1n) is 11.4. The Morgan fingerprint density at radius 3 is 2.59 bits per heavy atom. The molecule has 5 N–H and O–H groups in total. The standard InChI is InChI=1S/C24H30N6O6S/c1-13-9-18(20(31)25-10-14-7-6-8-16-15(14)11-27-29-16)37-19(13)21(32)28-17(22(33)35-5)12-26-23(34)30-36-24(2,3)4/h6-9,11,17H,10,12H2,1-5H3,(H,25,31)(H,27,29)(H,28,32)(H2,26,30,34)/t17-/m0/s1. The van der Waals surface area contributed by atoms with E-state index < -0.39 is 29.6 Å². The van der Waals surface area contributed by atoms with Gasteiger partial charge < -0.3 is 20.7 Å². The number of fused-ring (bicyclic) bond motifs is 1. The highest BCUT2D eigenvalue weighted by atomic mass is 32.1. The molecule has 1 atom stereocenters. The van der Waals surface area contributed by atoms with E-state index in [9.17, 15) is 19.2 Å². The number of carbonyl (C=O) groups is 4. The quantitative estimate of drug-likeness (QED) is 0.209. The third-order valence-corrected chi connectivity index (χ3v) is 6.30. The molecule has 0 fully saturated rings. The van der Waals surface area contributed by atoms with Gasteiger partial charge in [-0.2, -0.15) is 5.10 Å². The van der Waals surface area contributed by atoms with E-state index in [-0.39, 0.29) is 23.9 Å². The van der Waals surface area contributed by atoms with Crippen LogP contribution in [-0.2, 0) is 20.9 Å². The summed E-state index contributed by atoms with van der Waals surface area (Å²) in [5.74, 6) is -1.66. The van der Waals surface area contributed by atoms with Gasteiger partial charge in [0.25, 0.3) is 11.8 Å². The molecule has 0 aliphatic carbocycles. The zero-order valence-electron chi connectivity index (χ0n) is 21.2. The number of aromatic nitrogens is 2. The highest BCUT2D eigenvalue weighted by molar-refractivity contribution is 7.16. The van der Waals surface area contributed by atoms with Gasteiger partial charge in [-0.05, 0) is 51.0 Å². The summed E-state index contributed by atoms with van der Waals surface area (Å²) in [5, 5.41) is 15.7. The molecule has 0 saturated carbocycles. The third kappa shape index (κ3) is 7.51. The van der Waals surface area contributed by atoms with Crippen molar-refractivity contribution in [2.24, 2.45) is 0 Å². The van der Waals surface area contributed by atoms with E-state index in [0.717, 1.165) is 27.8 Å². The smallest absolute Gasteiger partial charge is 0.338 e. The van der Waals surface area contributed by atoms with Crippen LogP contribution >= 0.6 is 11.3 Å². The Labute approximate surface area is 217 Å². The Hall–Kier alpha value is -3.97. The van der Waals surface area contributed by atoms with Crippen LogP contribution in [0.1, 0.15) is 51.2 Å². The minimum absolute atomic E-state index is 0.241. The molecule has 1 aromatic carbocycles. The minimum Gasteiger partial charge on any atom is -0.467 e. The Bertz CT molecular complexity index is 1290. The number of urea groups is 1. The van der Waals surface area contributed by atoms with Crippen LogP contribution in [-0.4, -0.2) is 59.3 Å². The van der Waals surface area contributed by atoms with Crippen molar-refractivity contribution < 1.29 is 28.8 Å². The van der Waals surface area contributed by atoms with Gasteiger partial charge in [0.2, 0.25) is 0 Å². The van der Waals surface area contributed by atoms with Gasteiger partial charge in [-0.15, -0.1) is 11.3 Å². The number of hydrogen-bond donors (Lipinski definition) is 5. The molecular weight excluding hydrogens is 500 g/mol. The molecule has 2 aromatic heterocycles. The van der Waals surface area contributed by atoms with E-state index in [1.165, 1.54) is 7.11 Å². The average molecular weight is 531 g/mol. The minimum atomic E-state index is -1.16. The third-order valence-electron chi connectivity index (χ3n) is 5.07. The average Bonchev–Trinajstić information content (AvgIpc) is 3.49. The maximum atomic E-state index is 12.9. The van der Waals surface area contributed by atoms with Gasteiger partial charge in [-0.25, -0.2) is 15.1 Å². The Morgan fingerprint density at radius 2 is 1.89 bits per heavy atom. The van der Waals surface area contributed by atoms with Gasteiger partial charge in [0.15, 0.2) is 0 Å². The fourth-order valence-corrected chi connectivity index (χ4v) is 4.25. The van der Waals surface area contributed by atoms with E-state index in [2.05, 4.69) is 31.6 Å². The first-order valence-corrected chi connectivity index (χ1v) is 12.2. The second-order valence-electron chi connectivity index (χ2n) is 9.13. The first kappa shape index (κ1) is 27.6. The lowest BCUT2D eigenvalue weighted by atomic mass is 10.1. The number of hydrogen-bond acceptors (Lipinski definition) is 8. The number of ether oxygens (including phenoxy) is 1. The van der Waals surface area contributed by atoms with Crippen LogP contribution in [0.4, 0.5) is 4.79 Å². The number of rotatable bonds is 9. The molecule has 198 valence electrons. The van der Waals surface area contributed by atoms with Crippen molar-refractivity contribution in [3.05, 3.63) is 51.3 Å². The van der Waals surface area contributed by atoms with Crippen LogP contribution in [0.3, 0.4) is 0 Å². The second-order valence-corrected chi connectivity index (χ2v) is 10.2. The number of thiophene rings is 1. The van der Waals surface area contributed by atoms with Gasteiger partial charge in [0, 0.05) is 11.9 Å². The molecule has 2 heterocycles. The highest BCUT2D eigenvalue weighted by Gasteiger charge is 2.26. The second kappa shape index (κ2) is 11.8. The van der Waals surface area contributed by atoms with Crippen LogP contribution in [0.2, 0.25) is 0 Å². The summed E-state index contributed by atoms with van der Waals surface area (Å²) in [6, 6.07) is 5.42. The number of nitrogens with zero attached hydrogens (tertiary/aromatic N) is 1. The number of esters is 1. The predicted molar refractivity (Wildman–Crippen MR) is 137 cm³/mol. The van der Waals surface area contributed by atoms with E-state index in [0.29, 0.717) is 10.4 Å². The zero-order valence-corrected chi connectivity index (χ0v) is 22.0. The molecule has 0 spiro atoms. The van der Waals surface area contributed by atoms with Crippen LogP contribution in [0.25, 0.3) is 10.9 Å². The lowest BCUT2D eigenvalue weighted by molar-refractivity contribution is -0.142. The molecule has 0 radical (unpaired) electrons. The Kier molecular flexibility index (Phi) is 8.84. The van der Waals surface area contributed by atoms with Crippen molar-refractivity contribution in [1.82, 2.24) is 31.6 Å². The number of aryl methyl sites for hydroxylation is 1. The van der Waals surface area contributed by atoms with Crippen LogP contribution in [0.15, 0.2) is 30.5 Å². The summed E-state index contributed by atoms with van der Waals surface area (Å²) in [4.78, 5) is 55.6. The molecule has 0 unspecified atom stereocenters. The van der Waals surface area contributed by atoms with E-state index >= 15 is 0 Å². The number of carbonyl (C=O) groups excluding carboxylic acids is 4. The van der Waals surface area contributed by atoms with E-state index in [1.807, 2.05) is 18.2 Å². The van der Waals surface area contributed by atoms with Crippen molar-refractivity contribution in [3.8, 4) is 0 Å². The summed E-state index contributed by atoms with van der Waals surface area (Å²) >= 11 is 0.998. The first-order chi connectivity index (χ1) is 17.5. The number of H-pyrrole nitrogens is 1. The van der Waals surface area contributed by atoms with Crippen LogP contribution in [0, 0.1) is 6.92 Å². The monoisotopic (exact) mass is 530 g/mol. The molecule has 12 nitrogen and oxygen atoms in total. The van der Waals surface area contributed by atoms with Gasteiger partial charge in [0.1, 0.15) is 6.04 Å². The summed E-state index contributed by atoms with van der Waals surface area (Å²) in [6.07, 6.45) is 1.70. The van der Waals surface area contributed by atoms with Crippen molar-refractivity contribution in [1.29, 1.82) is 0 Å². The zero-order chi connectivity index (χ0) is 27.2. The van der Waals surface area contributed by atoms with Gasteiger partial charge in [-0.3, -0.25) is 19.5 Å². The number of aromatic amines is 1. The Balaban J connectivity index is 1.61. The predicted octanol–water partition coefficient (Wildman–Crippen LogP) is 2.16. The normalized spacial score (nSPS) is 12.0. The molecule has 13 heteroatoms. The molecular formula is C24H30N6O6S. The maximum Gasteiger partial charge on any atom is 0.338 e. The van der Waals surface area contributed by atoms with Crippen molar-refractivity contribution in [3.63, 3.8) is 0 Å². The number of methoxy groups -OCH3 is 1. The maximum absolute atomic E-state index is 12.9. The fraction of sp³-hybridized carbons (Fsp3) is 0.375. The lowest BCUT2D eigenvalue weighted by Crippen LogP contribution is -2.51. The summed E-state index contributed by atoms with van der Waals surface area (Å²) in [5.41, 5.74) is 3.94.